The summed E-state index contributed by atoms with van der Waals surface area (Å²) in [6.45, 7) is 0.0880. The highest BCUT2D eigenvalue weighted by Gasteiger charge is 2.39. The molecule has 4 atom stereocenters. The zero-order valence-corrected chi connectivity index (χ0v) is 13.9. The van der Waals surface area contributed by atoms with E-state index in [0.29, 0.717) is 12.1 Å². The fraction of sp³-hybridized carbons (Fsp3) is 0.556. The molecule has 1 aromatic carbocycles. The average molecular weight is 331 g/mol. The zero-order chi connectivity index (χ0) is 17.1. The van der Waals surface area contributed by atoms with E-state index in [0.717, 1.165) is 18.4 Å². The largest absolute Gasteiger partial charge is 0.465 e. The number of hydrogen-bond donors (Lipinski definition) is 3. The summed E-state index contributed by atoms with van der Waals surface area (Å²) in [5, 5.41) is 14.4. The van der Waals surface area contributed by atoms with E-state index in [1.807, 2.05) is 30.3 Å². The Morgan fingerprint density at radius 2 is 1.83 bits per heavy atom. The Morgan fingerprint density at radius 1 is 1.21 bits per heavy atom. The summed E-state index contributed by atoms with van der Waals surface area (Å²) < 4.78 is 0. The predicted molar refractivity (Wildman–Crippen MR) is 90.9 cm³/mol. The Bertz CT molecular complexity index is 578. The molecular weight excluding hydrogens is 306 g/mol. The van der Waals surface area contributed by atoms with E-state index in [2.05, 4.69) is 22.6 Å². The van der Waals surface area contributed by atoms with Crippen LogP contribution in [-0.2, 0) is 4.79 Å². The van der Waals surface area contributed by atoms with Gasteiger partial charge in [0.15, 0.2) is 0 Å². The van der Waals surface area contributed by atoms with Gasteiger partial charge in [0.05, 0.1) is 5.92 Å². The molecule has 2 fully saturated rings. The minimum absolute atomic E-state index is 0.0880. The molecule has 2 saturated heterocycles. The monoisotopic (exact) mass is 331 g/mol. The third kappa shape index (κ3) is 3.70. The third-order valence-corrected chi connectivity index (χ3v) is 5.42. The van der Waals surface area contributed by atoms with Crippen molar-refractivity contribution in [2.45, 2.75) is 49.7 Å². The van der Waals surface area contributed by atoms with Gasteiger partial charge in [-0.15, -0.1) is 0 Å². The fourth-order valence-corrected chi connectivity index (χ4v) is 4.07. The Balaban J connectivity index is 1.66. The van der Waals surface area contributed by atoms with Gasteiger partial charge in [-0.25, -0.2) is 4.79 Å². The van der Waals surface area contributed by atoms with Crippen LogP contribution in [-0.4, -0.2) is 53.7 Å². The van der Waals surface area contributed by atoms with Gasteiger partial charge >= 0.3 is 6.09 Å². The van der Waals surface area contributed by atoms with Crippen molar-refractivity contribution in [1.29, 1.82) is 0 Å². The van der Waals surface area contributed by atoms with Crippen molar-refractivity contribution in [2.24, 2.45) is 0 Å². The van der Waals surface area contributed by atoms with E-state index in [1.165, 1.54) is 12.8 Å². The summed E-state index contributed by atoms with van der Waals surface area (Å²) in [6, 6.07) is 10.7. The molecule has 0 aromatic heterocycles. The number of carbonyl (C=O) groups is 2. The second kappa shape index (κ2) is 7.21. The van der Waals surface area contributed by atoms with Crippen molar-refractivity contribution in [3.8, 4) is 0 Å². The summed E-state index contributed by atoms with van der Waals surface area (Å²) >= 11 is 0. The molecule has 130 valence electrons. The molecule has 0 spiro atoms. The van der Waals surface area contributed by atoms with Crippen LogP contribution >= 0.6 is 0 Å². The van der Waals surface area contributed by atoms with Crippen LogP contribution in [0.2, 0.25) is 0 Å². The standard InChI is InChI=1S/C18H25N3O3/c1-21-14-7-8-15(21)10-13(9-14)20-17(22)16(11-19-18(23)24)12-5-3-2-4-6-12/h2-6,13-16,19H,7-11H2,1H3,(H,20,22)(H,23,24)/t13-,14-,15+,16?. The van der Waals surface area contributed by atoms with Crippen LogP contribution in [0.25, 0.3) is 0 Å². The van der Waals surface area contributed by atoms with E-state index in [1.54, 1.807) is 0 Å². The first kappa shape index (κ1) is 16.8. The first-order chi connectivity index (χ1) is 11.5. The van der Waals surface area contributed by atoms with Crippen molar-refractivity contribution in [3.05, 3.63) is 35.9 Å². The highest BCUT2D eigenvalue weighted by atomic mass is 16.4. The van der Waals surface area contributed by atoms with E-state index in [9.17, 15) is 9.59 Å². The predicted octanol–water partition coefficient (Wildman–Crippen LogP) is 1.78. The number of amides is 2. The minimum atomic E-state index is -1.11. The second-order valence-corrected chi connectivity index (χ2v) is 6.88. The summed E-state index contributed by atoms with van der Waals surface area (Å²) in [5.41, 5.74) is 0.833. The first-order valence-electron chi connectivity index (χ1n) is 8.58. The molecule has 3 N–H and O–H groups in total. The van der Waals surface area contributed by atoms with Crippen LogP contribution in [0.4, 0.5) is 4.79 Å². The van der Waals surface area contributed by atoms with Crippen LogP contribution in [0.3, 0.4) is 0 Å². The maximum atomic E-state index is 12.8. The molecule has 0 aliphatic carbocycles. The molecule has 0 radical (unpaired) electrons. The van der Waals surface area contributed by atoms with E-state index >= 15 is 0 Å². The van der Waals surface area contributed by atoms with Gasteiger partial charge in [0.25, 0.3) is 0 Å². The number of hydrogen-bond acceptors (Lipinski definition) is 3. The number of nitrogens with zero attached hydrogens (tertiary/aromatic N) is 1. The number of nitrogens with one attached hydrogen (secondary N) is 2. The van der Waals surface area contributed by atoms with Gasteiger partial charge in [-0.1, -0.05) is 30.3 Å². The van der Waals surface area contributed by atoms with Crippen LogP contribution in [0.5, 0.6) is 0 Å². The van der Waals surface area contributed by atoms with Crippen molar-refractivity contribution in [2.75, 3.05) is 13.6 Å². The van der Waals surface area contributed by atoms with Gasteiger partial charge in [-0.05, 0) is 38.3 Å². The Kier molecular flexibility index (Phi) is 5.04. The van der Waals surface area contributed by atoms with Gasteiger partial charge in [0.2, 0.25) is 5.91 Å². The lowest BCUT2D eigenvalue weighted by Gasteiger charge is -2.37. The molecule has 1 unspecified atom stereocenters. The molecule has 2 bridgehead atoms. The van der Waals surface area contributed by atoms with Gasteiger partial charge in [0.1, 0.15) is 0 Å². The second-order valence-electron chi connectivity index (χ2n) is 6.88. The average Bonchev–Trinajstić information content (AvgIpc) is 2.77. The number of carboxylic acid groups (broad SMARTS) is 1. The van der Waals surface area contributed by atoms with Crippen molar-refractivity contribution >= 4 is 12.0 Å². The normalized spacial score (nSPS) is 27.5. The van der Waals surface area contributed by atoms with E-state index < -0.39 is 12.0 Å². The summed E-state index contributed by atoms with van der Waals surface area (Å²) in [4.78, 5) is 26.0. The van der Waals surface area contributed by atoms with Crippen LogP contribution in [0.15, 0.2) is 30.3 Å². The summed E-state index contributed by atoms with van der Waals surface area (Å²) in [7, 11) is 2.17. The topological polar surface area (TPSA) is 81.7 Å². The SMILES string of the molecule is CN1[C@@H]2CC[C@H]1C[C@H](NC(=O)C(CNC(=O)O)c1ccccc1)C2. The number of piperidine rings is 1. The molecular formula is C18H25N3O3. The molecule has 1 aromatic rings. The quantitative estimate of drug-likeness (QED) is 0.768. The number of rotatable bonds is 5. The molecule has 6 nitrogen and oxygen atoms in total. The number of carbonyl (C=O) groups excluding carboxylic acids is 1. The van der Waals surface area contributed by atoms with Gasteiger partial charge < -0.3 is 20.6 Å². The van der Waals surface area contributed by atoms with Gasteiger partial charge in [0, 0.05) is 24.7 Å². The van der Waals surface area contributed by atoms with E-state index in [-0.39, 0.29) is 18.5 Å². The number of benzene rings is 1. The zero-order valence-electron chi connectivity index (χ0n) is 13.9. The lowest BCUT2D eigenvalue weighted by molar-refractivity contribution is -0.123. The highest BCUT2D eigenvalue weighted by molar-refractivity contribution is 5.84. The van der Waals surface area contributed by atoms with Gasteiger partial charge in [-0.3, -0.25) is 4.79 Å². The third-order valence-electron chi connectivity index (χ3n) is 5.42. The Morgan fingerprint density at radius 3 is 2.42 bits per heavy atom. The number of fused-ring (bicyclic) bond motifs is 2. The van der Waals surface area contributed by atoms with Crippen LogP contribution in [0, 0.1) is 0 Å². The molecule has 2 amide bonds. The van der Waals surface area contributed by atoms with Crippen molar-refractivity contribution in [1.82, 2.24) is 15.5 Å². The molecule has 2 aliphatic rings. The summed E-state index contributed by atoms with van der Waals surface area (Å²) in [6.07, 6.45) is 3.26. The van der Waals surface area contributed by atoms with Crippen molar-refractivity contribution in [3.63, 3.8) is 0 Å². The highest BCUT2D eigenvalue weighted by Crippen LogP contribution is 2.34. The lowest BCUT2D eigenvalue weighted by Crippen LogP contribution is -2.50. The maximum absolute atomic E-state index is 12.8. The minimum Gasteiger partial charge on any atom is -0.465 e. The lowest BCUT2D eigenvalue weighted by atomic mass is 9.94. The Labute approximate surface area is 142 Å². The van der Waals surface area contributed by atoms with Crippen LogP contribution < -0.4 is 10.6 Å². The first-order valence-corrected chi connectivity index (χ1v) is 8.58. The van der Waals surface area contributed by atoms with Crippen molar-refractivity contribution < 1.29 is 14.7 Å². The molecule has 2 aliphatic heterocycles. The molecule has 6 heteroatoms. The molecule has 2 heterocycles. The van der Waals surface area contributed by atoms with E-state index in [4.69, 9.17) is 5.11 Å². The molecule has 3 rings (SSSR count). The molecule has 0 saturated carbocycles. The molecule has 24 heavy (non-hydrogen) atoms. The Hall–Kier alpha value is -2.08. The van der Waals surface area contributed by atoms with Crippen LogP contribution in [0.1, 0.15) is 37.2 Å². The maximum Gasteiger partial charge on any atom is 0.404 e. The van der Waals surface area contributed by atoms with Gasteiger partial charge in [-0.2, -0.15) is 0 Å². The summed E-state index contributed by atoms with van der Waals surface area (Å²) in [5.74, 6) is -0.594. The fourth-order valence-electron chi connectivity index (χ4n) is 4.07. The smallest absolute Gasteiger partial charge is 0.404 e.